The predicted molar refractivity (Wildman–Crippen MR) is 99.5 cm³/mol. The van der Waals surface area contributed by atoms with Crippen LogP contribution in [0.1, 0.15) is 10.4 Å². The minimum Gasteiger partial charge on any atom is -0.375 e. The van der Waals surface area contributed by atoms with Crippen LogP contribution in [-0.4, -0.2) is 25.6 Å². The third kappa shape index (κ3) is 4.04. The zero-order chi connectivity index (χ0) is 18.0. The van der Waals surface area contributed by atoms with Crippen molar-refractivity contribution in [3.05, 3.63) is 59.5 Å². The number of benzene rings is 2. The number of hydrogen-bond donors (Lipinski definition) is 2. The van der Waals surface area contributed by atoms with Crippen LogP contribution in [-0.2, 0) is 9.84 Å². The van der Waals surface area contributed by atoms with Gasteiger partial charge < -0.3 is 11.1 Å². The summed E-state index contributed by atoms with van der Waals surface area (Å²) < 4.78 is 22.9. The average Bonchev–Trinajstić information content (AvgIpc) is 3.01. The predicted octanol–water partition coefficient (Wildman–Crippen LogP) is 3.05. The number of carbonyl (C=O) groups is 1. The van der Waals surface area contributed by atoms with Crippen LogP contribution in [0.3, 0.4) is 0 Å². The molecule has 3 rings (SSSR count). The lowest BCUT2D eigenvalue weighted by molar-refractivity contribution is 0.102. The van der Waals surface area contributed by atoms with Gasteiger partial charge in [-0.15, -0.1) is 11.3 Å². The molecule has 0 saturated heterocycles. The van der Waals surface area contributed by atoms with Crippen molar-refractivity contribution >= 4 is 37.9 Å². The van der Waals surface area contributed by atoms with Crippen LogP contribution in [0.4, 0.5) is 10.8 Å². The Kier molecular flexibility index (Phi) is 4.56. The number of nitrogens with one attached hydrogen (secondary N) is 1. The third-order valence-electron chi connectivity index (χ3n) is 3.48. The number of nitrogens with two attached hydrogens (primary N) is 1. The van der Waals surface area contributed by atoms with Crippen molar-refractivity contribution in [2.45, 2.75) is 4.90 Å². The van der Waals surface area contributed by atoms with Crippen molar-refractivity contribution in [1.82, 2.24) is 4.98 Å². The Morgan fingerprint density at radius 2 is 1.88 bits per heavy atom. The number of hydrogen-bond acceptors (Lipinski definition) is 6. The molecule has 3 aromatic rings. The highest BCUT2D eigenvalue weighted by molar-refractivity contribution is 7.90. The molecule has 1 amide bonds. The Bertz CT molecular complexity index is 1030. The molecule has 0 aliphatic heterocycles. The Hall–Kier alpha value is -2.71. The molecule has 0 aliphatic carbocycles. The largest absolute Gasteiger partial charge is 0.375 e. The van der Waals surface area contributed by atoms with Gasteiger partial charge >= 0.3 is 0 Å². The number of aromatic nitrogens is 1. The summed E-state index contributed by atoms with van der Waals surface area (Å²) in [5.41, 5.74) is 8.14. The summed E-state index contributed by atoms with van der Waals surface area (Å²) in [5.74, 6) is -0.294. The topological polar surface area (TPSA) is 102 Å². The molecule has 0 atom stereocenters. The van der Waals surface area contributed by atoms with Crippen LogP contribution in [0, 0.1) is 0 Å². The van der Waals surface area contributed by atoms with Crippen LogP contribution in [0.25, 0.3) is 11.3 Å². The Balaban J connectivity index is 1.80. The maximum atomic E-state index is 12.4. The molecular formula is C17H15N3O3S2. The molecule has 2 aromatic carbocycles. The van der Waals surface area contributed by atoms with Crippen molar-refractivity contribution in [2.75, 3.05) is 17.3 Å². The fourth-order valence-electron chi connectivity index (χ4n) is 2.23. The first-order chi connectivity index (χ1) is 11.8. The molecule has 8 heteroatoms. The van der Waals surface area contributed by atoms with Crippen LogP contribution in [0.15, 0.2) is 58.8 Å². The summed E-state index contributed by atoms with van der Waals surface area (Å²) in [6.07, 6.45) is 1.14. The van der Waals surface area contributed by atoms with E-state index < -0.39 is 9.84 Å². The molecule has 25 heavy (non-hydrogen) atoms. The highest BCUT2D eigenvalue weighted by Gasteiger charge is 2.11. The van der Waals surface area contributed by atoms with E-state index in [1.54, 1.807) is 30.3 Å². The molecule has 0 fully saturated rings. The van der Waals surface area contributed by atoms with E-state index in [1.165, 1.54) is 23.5 Å². The van der Waals surface area contributed by atoms with E-state index >= 15 is 0 Å². The number of anilines is 2. The first-order valence-electron chi connectivity index (χ1n) is 7.26. The summed E-state index contributed by atoms with van der Waals surface area (Å²) in [6.45, 7) is 0. The molecule has 1 aromatic heterocycles. The maximum Gasteiger partial charge on any atom is 0.255 e. The summed E-state index contributed by atoms with van der Waals surface area (Å²) in [4.78, 5) is 16.8. The number of sulfone groups is 1. The quantitative estimate of drug-likeness (QED) is 0.732. The average molecular weight is 373 g/mol. The molecule has 0 radical (unpaired) electrons. The molecule has 0 unspecified atom stereocenters. The van der Waals surface area contributed by atoms with Gasteiger partial charge in [-0.2, -0.15) is 0 Å². The fraction of sp³-hybridized carbons (Fsp3) is 0.0588. The van der Waals surface area contributed by atoms with Crippen LogP contribution in [0.2, 0.25) is 0 Å². The molecule has 1 heterocycles. The monoisotopic (exact) mass is 373 g/mol. The van der Waals surface area contributed by atoms with Crippen molar-refractivity contribution in [3.63, 3.8) is 0 Å². The van der Waals surface area contributed by atoms with E-state index in [2.05, 4.69) is 10.3 Å². The maximum absolute atomic E-state index is 12.4. The molecule has 3 N–H and O–H groups in total. The van der Waals surface area contributed by atoms with E-state index in [0.29, 0.717) is 16.4 Å². The molecule has 6 nitrogen and oxygen atoms in total. The van der Waals surface area contributed by atoms with Gasteiger partial charge in [0.05, 0.1) is 10.6 Å². The Labute approximate surface area is 149 Å². The van der Waals surface area contributed by atoms with E-state index in [-0.39, 0.29) is 10.8 Å². The number of nitrogens with zero attached hydrogens (tertiary/aromatic N) is 1. The molecular weight excluding hydrogens is 358 g/mol. The number of thiazole rings is 1. The van der Waals surface area contributed by atoms with Crippen molar-refractivity contribution in [3.8, 4) is 11.3 Å². The lowest BCUT2D eigenvalue weighted by Crippen LogP contribution is -2.12. The van der Waals surface area contributed by atoms with Gasteiger partial charge in [0.15, 0.2) is 15.0 Å². The first-order valence-corrected chi connectivity index (χ1v) is 10.0. The van der Waals surface area contributed by atoms with Gasteiger partial charge in [-0.25, -0.2) is 13.4 Å². The summed E-state index contributed by atoms with van der Waals surface area (Å²) in [6, 6.07) is 13.1. The zero-order valence-corrected chi connectivity index (χ0v) is 14.9. The second-order valence-electron chi connectivity index (χ2n) is 5.40. The summed E-state index contributed by atoms with van der Waals surface area (Å²) >= 11 is 1.34. The molecule has 128 valence electrons. The normalized spacial score (nSPS) is 11.2. The van der Waals surface area contributed by atoms with Crippen LogP contribution in [0.5, 0.6) is 0 Å². The minimum atomic E-state index is -3.26. The number of rotatable bonds is 4. The van der Waals surface area contributed by atoms with Gasteiger partial charge in [0.1, 0.15) is 0 Å². The zero-order valence-electron chi connectivity index (χ0n) is 13.3. The van der Waals surface area contributed by atoms with E-state index in [9.17, 15) is 13.2 Å². The first kappa shape index (κ1) is 17.1. The second-order valence-corrected chi connectivity index (χ2v) is 8.31. The lowest BCUT2D eigenvalue weighted by atomic mass is 10.1. The molecule has 0 bridgehead atoms. The van der Waals surface area contributed by atoms with E-state index in [1.807, 2.05) is 11.4 Å². The highest BCUT2D eigenvalue weighted by Crippen LogP contribution is 2.24. The van der Waals surface area contributed by atoms with Gasteiger partial charge in [-0.3, -0.25) is 4.79 Å². The van der Waals surface area contributed by atoms with E-state index in [4.69, 9.17) is 5.73 Å². The van der Waals surface area contributed by atoms with Crippen LogP contribution < -0.4 is 11.1 Å². The highest BCUT2D eigenvalue weighted by atomic mass is 32.2. The Morgan fingerprint density at radius 1 is 1.16 bits per heavy atom. The number of carbonyl (C=O) groups excluding carboxylic acids is 1. The van der Waals surface area contributed by atoms with Crippen molar-refractivity contribution in [2.24, 2.45) is 0 Å². The smallest absolute Gasteiger partial charge is 0.255 e. The third-order valence-corrected chi connectivity index (χ3v) is 5.29. The number of amides is 1. The van der Waals surface area contributed by atoms with Gasteiger partial charge in [0, 0.05) is 28.5 Å². The van der Waals surface area contributed by atoms with Crippen molar-refractivity contribution in [1.29, 1.82) is 0 Å². The van der Waals surface area contributed by atoms with Gasteiger partial charge in [0.2, 0.25) is 0 Å². The second kappa shape index (κ2) is 6.66. The fourth-order valence-corrected chi connectivity index (χ4v) is 3.43. The van der Waals surface area contributed by atoms with Gasteiger partial charge in [-0.1, -0.05) is 12.1 Å². The lowest BCUT2D eigenvalue weighted by Gasteiger charge is -2.07. The van der Waals surface area contributed by atoms with Gasteiger partial charge in [-0.05, 0) is 36.4 Å². The molecule has 0 spiro atoms. The minimum absolute atomic E-state index is 0.202. The van der Waals surface area contributed by atoms with Gasteiger partial charge in [0.25, 0.3) is 5.91 Å². The van der Waals surface area contributed by atoms with Crippen LogP contribution >= 0.6 is 11.3 Å². The summed E-state index contributed by atoms with van der Waals surface area (Å²) in [7, 11) is -3.26. The SMILES string of the molecule is CS(=O)(=O)c1ccc(NC(=O)c2cccc(-c3csc(N)n3)c2)cc1. The standard InChI is InChI=1S/C17H15N3O3S2/c1-25(22,23)14-7-5-13(6-8-14)19-16(21)12-4-2-3-11(9-12)15-10-24-17(18)20-15/h2-10H,1H3,(H2,18,20)(H,19,21). The summed E-state index contributed by atoms with van der Waals surface area (Å²) in [5, 5.41) is 5.04. The number of nitrogen functional groups attached to an aromatic ring is 1. The van der Waals surface area contributed by atoms with Crippen molar-refractivity contribution < 1.29 is 13.2 Å². The van der Waals surface area contributed by atoms with E-state index in [0.717, 1.165) is 17.5 Å². The molecule has 0 aliphatic rings. The molecule has 0 saturated carbocycles. The Morgan fingerprint density at radius 3 is 2.48 bits per heavy atom.